The maximum atomic E-state index is 12.6. The minimum Gasteiger partial charge on any atom is -0.369 e. The molecular formula is C24H32N6OS. The average Bonchev–Trinajstić information content (AvgIpc) is 3.30. The zero-order valence-electron chi connectivity index (χ0n) is 19.0. The Kier molecular flexibility index (Phi) is 7.68. The molecule has 1 aliphatic rings. The van der Waals surface area contributed by atoms with E-state index in [-0.39, 0.29) is 5.91 Å². The number of para-hydroxylation sites is 1. The summed E-state index contributed by atoms with van der Waals surface area (Å²) in [5.74, 6) is 1.96. The minimum atomic E-state index is 0.217. The van der Waals surface area contributed by atoms with Gasteiger partial charge in [-0.2, -0.15) is 11.3 Å². The van der Waals surface area contributed by atoms with Crippen molar-refractivity contribution < 1.29 is 4.79 Å². The lowest BCUT2D eigenvalue weighted by Gasteiger charge is -2.34. The number of rotatable bonds is 9. The van der Waals surface area contributed by atoms with E-state index in [9.17, 15) is 4.79 Å². The van der Waals surface area contributed by atoms with Gasteiger partial charge in [-0.25, -0.2) is 9.97 Å². The van der Waals surface area contributed by atoms with E-state index in [0.717, 1.165) is 73.8 Å². The van der Waals surface area contributed by atoms with Crippen molar-refractivity contribution in [3.8, 4) is 0 Å². The molecule has 8 heteroatoms. The second-order valence-corrected chi connectivity index (χ2v) is 9.33. The maximum Gasteiger partial charge on any atom is 0.227 e. The monoisotopic (exact) mass is 452 g/mol. The Morgan fingerprint density at radius 1 is 1.12 bits per heavy atom. The van der Waals surface area contributed by atoms with Crippen LogP contribution in [0.3, 0.4) is 0 Å². The molecule has 7 nitrogen and oxygen atoms in total. The summed E-state index contributed by atoms with van der Waals surface area (Å²) in [4.78, 5) is 28.7. The first-order chi connectivity index (χ1) is 15.6. The third-order valence-electron chi connectivity index (χ3n) is 5.75. The molecule has 1 N–H and O–H groups in total. The molecule has 0 bridgehead atoms. The van der Waals surface area contributed by atoms with Gasteiger partial charge in [0.2, 0.25) is 5.91 Å². The first-order valence-corrected chi connectivity index (χ1v) is 12.2. The van der Waals surface area contributed by atoms with Crippen molar-refractivity contribution in [2.24, 2.45) is 0 Å². The van der Waals surface area contributed by atoms with Gasteiger partial charge in [-0.1, -0.05) is 12.1 Å². The fourth-order valence-corrected chi connectivity index (χ4v) is 4.64. The van der Waals surface area contributed by atoms with Gasteiger partial charge in [-0.15, -0.1) is 0 Å². The SMILES string of the molecule is CN(C)CCCNc1nc(CN2CCN(C(=O)Cc3ccsc3)CC2)nc2ccccc12. The van der Waals surface area contributed by atoms with Gasteiger partial charge in [-0.05, 0) is 61.6 Å². The molecular weight excluding hydrogens is 420 g/mol. The first kappa shape index (κ1) is 22.6. The number of piperazine rings is 1. The van der Waals surface area contributed by atoms with E-state index in [1.54, 1.807) is 11.3 Å². The molecule has 0 saturated carbocycles. The van der Waals surface area contributed by atoms with Gasteiger partial charge >= 0.3 is 0 Å². The van der Waals surface area contributed by atoms with E-state index < -0.39 is 0 Å². The first-order valence-electron chi connectivity index (χ1n) is 11.2. The molecule has 0 spiro atoms. The van der Waals surface area contributed by atoms with Gasteiger partial charge in [0.1, 0.15) is 11.6 Å². The van der Waals surface area contributed by atoms with Crippen LogP contribution >= 0.6 is 11.3 Å². The van der Waals surface area contributed by atoms with Crippen molar-refractivity contribution in [3.05, 3.63) is 52.5 Å². The number of carbonyl (C=O) groups is 1. The molecule has 1 amide bonds. The van der Waals surface area contributed by atoms with Crippen LogP contribution in [0.25, 0.3) is 10.9 Å². The summed E-state index contributed by atoms with van der Waals surface area (Å²) in [5, 5.41) is 8.65. The predicted molar refractivity (Wildman–Crippen MR) is 131 cm³/mol. The lowest BCUT2D eigenvalue weighted by molar-refractivity contribution is -0.132. The van der Waals surface area contributed by atoms with E-state index in [1.807, 2.05) is 34.5 Å². The third kappa shape index (κ3) is 6.03. The number of nitrogens with one attached hydrogen (secondary N) is 1. The molecule has 3 heterocycles. The number of fused-ring (bicyclic) bond motifs is 1. The molecule has 1 aromatic carbocycles. The number of aromatic nitrogens is 2. The number of amides is 1. The molecule has 0 unspecified atom stereocenters. The van der Waals surface area contributed by atoms with Crippen molar-refractivity contribution in [1.82, 2.24) is 24.7 Å². The van der Waals surface area contributed by atoms with E-state index in [0.29, 0.717) is 13.0 Å². The van der Waals surface area contributed by atoms with Crippen LogP contribution in [0.4, 0.5) is 5.82 Å². The lowest BCUT2D eigenvalue weighted by atomic mass is 10.2. The largest absolute Gasteiger partial charge is 0.369 e. The lowest BCUT2D eigenvalue weighted by Crippen LogP contribution is -2.48. The van der Waals surface area contributed by atoms with Crippen LogP contribution in [-0.4, -0.2) is 83.9 Å². The summed E-state index contributed by atoms with van der Waals surface area (Å²) >= 11 is 1.64. The molecule has 1 aliphatic heterocycles. The maximum absolute atomic E-state index is 12.6. The smallest absolute Gasteiger partial charge is 0.227 e. The van der Waals surface area contributed by atoms with Gasteiger partial charge in [0, 0.05) is 38.1 Å². The Morgan fingerprint density at radius 2 is 1.94 bits per heavy atom. The summed E-state index contributed by atoms with van der Waals surface area (Å²) in [6.07, 6.45) is 1.56. The standard InChI is InChI=1S/C24H32N6OS/c1-28(2)10-5-9-25-24-20-6-3-4-7-21(20)26-22(27-24)17-29-11-13-30(14-12-29)23(31)16-19-8-15-32-18-19/h3-4,6-8,15,18H,5,9-14,16-17H2,1-2H3,(H,25,26,27). The highest BCUT2D eigenvalue weighted by Gasteiger charge is 2.22. The van der Waals surface area contributed by atoms with Gasteiger partial charge < -0.3 is 15.1 Å². The Morgan fingerprint density at radius 3 is 2.69 bits per heavy atom. The van der Waals surface area contributed by atoms with Crippen molar-refractivity contribution in [2.75, 3.05) is 58.7 Å². The number of hydrogen-bond donors (Lipinski definition) is 1. The van der Waals surface area contributed by atoms with Crippen LogP contribution < -0.4 is 5.32 Å². The second-order valence-electron chi connectivity index (χ2n) is 8.55. The summed E-state index contributed by atoms with van der Waals surface area (Å²) in [6, 6.07) is 10.2. The van der Waals surface area contributed by atoms with Crippen molar-refractivity contribution in [1.29, 1.82) is 0 Å². The van der Waals surface area contributed by atoms with Crippen LogP contribution in [0.15, 0.2) is 41.1 Å². The number of thiophene rings is 1. The zero-order chi connectivity index (χ0) is 22.3. The average molecular weight is 453 g/mol. The molecule has 3 aromatic rings. The Labute approximate surface area is 194 Å². The Balaban J connectivity index is 1.36. The molecule has 32 heavy (non-hydrogen) atoms. The molecule has 170 valence electrons. The molecule has 1 saturated heterocycles. The van der Waals surface area contributed by atoms with E-state index in [4.69, 9.17) is 9.97 Å². The number of nitrogens with zero attached hydrogens (tertiary/aromatic N) is 5. The topological polar surface area (TPSA) is 64.6 Å². The van der Waals surface area contributed by atoms with Crippen LogP contribution in [0.2, 0.25) is 0 Å². The highest BCUT2D eigenvalue weighted by molar-refractivity contribution is 7.08. The summed E-state index contributed by atoms with van der Waals surface area (Å²) in [6.45, 7) is 5.82. The Hall–Kier alpha value is -2.55. The number of carbonyl (C=O) groups excluding carboxylic acids is 1. The fourth-order valence-electron chi connectivity index (χ4n) is 3.97. The molecule has 4 rings (SSSR count). The van der Waals surface area contributed by atoms with Crippen molar-refractivity contribution >= 4 is 34.0 Å². The molecule has 1 fully saturated rings. The van der Waals surface area contributed by atoms with Crippen LogP contribution in [-0.2, 0) is 17.8 Å². The number of benzene rings is 1. The highest BCUT2D eigenvalue weighted by Crippen LogP contribution is 2.21. The van der Waals surface area contributed by atoms with E-state index in [1.165, 1.54) is 0 Å². The molecule has 0 radical (unpaired) electrons. The van der Waals surface area contributed by atoms with Gasteiger partial charge in [-0.3, -0.25) is 9.69 Å². The normalized spacial score (nSPS) is 14.9. The van der Waals surface area contributed by atoms with Crippen LogP contribution in [0.5, 0.6) is 0 Å². The van der Waals surface area contributed by atoms with Gasteiger partial charge in [0.15, 0.2) is 0 Å². The quantitative estimate of drug-likeness (QED) is 0.504. The molecule has 0 aliphatic carbocycles. The zero-order valence-corrected chi connectivity index (χ0v) is 19.8. The Bertz CT molecular complexity index is 1010. The molecule has 2 aromatic heterocycles. The van der Waals surface area contributed by atoms with Crippen LogP contribution in [0.1, 0.15) is 17.8 Å². The third-order valence-corrected chi connectivity index (χ3v) is 6.48. The summed E-state index contributed by atoms with van der Waals surface area (Å²) in [7, 11) is 4.18. The van der Waals surface area contributed by atoms with Crippen molar-refractivity contribution in [2.45, 2.75) is 19.4 Å². The summed E-state index contributed by atoms with van der Waals surface area (Å²) < 4.78 is 0. The number of anilines is 1. The molecule has 0 atom stereocenters. The van der Waals surface area contributed by atoms with Crippen molar-refractivity contribution in [3.63, 3.8) is 0 Å². The van der Waals surface area contributed by atoms with Crippen LogP contribution in [0, 0.1) is 0 Å². The van der Waals surface area contributed by atoms with E-state index in [2.05, 4.69) is 40.7 Å². The predicted octanol–water partition coefficient (Wildman–Crippen LogP) is 2.94. The summed E-state index contributed by atoms with van der Waals surface area (Å²) in [5.41, 5.74) is 2.08. The van der Waals surface area contributed by atoms with Gasteiger partial charge in [0.25, 0.3) is 0 Å². The fraction of sp³-hybridized carbons (Fsp3) is 0.458. The minimum absolute atomic E-state index is 0.217. The van der Waals surface area contributed by atoms with Gasteiger partial charge in [0.05, 0.1) is 18.5 Å². The second kappa shape index (κ2) is 10.8. The highest BCUT2D eigenvalue weighted by atomic mass is 32.1. The van der Waals surface area contributed by atoms with E-state index >= 15 is 0 Å². The number of hydrogen-bond acceptors (Lipinski definition) is 7.